The van der Waals surface area contributed by atoms with Crippen molar-refractivity contribution in [3.63, 3.8) is 0 Å². The van der Waals surface area contributed by atoms with E-state index < -0.39 is 0 Å². The first-order valence-electron chi connectivity index (χ1n) is 9.44. The maximum atomic E-state index is 5.70. The standard InChI is InChI=1S/C22H19N3O3S/c1-26-17-7-9-18(10-8-17)27-12-20-24-21(25-28-20)16-4-2-3-15(11-16)19-13-29-22(23-19)14-5-6-14/h2-4,7-11,13-14H,5-6,12H2,1H3. The Bertz CT molecular complexity index is 1120. The van der Waals surface area contributed by atoms with E-state index in [1.165, 1.54) is 17.8 Å². The summed E-state index contributed by atoms with van der Waals surface area (Å²) in [6.07, 6.45) is 2.52. The number of aromatic nitrogens is 3. The van der Waals surface area contributed by atoms with Crippen molar-refractivity contribution in [1.29, 1.82) is 0 Å². The van der Waals surface area contributed by atoms with Crippen LogP contribution in [0.5, 0.6) is 11.5 Å². The summed E-state index contributed by atoms with van der Waals surface area (Å²) in [4.78, 5) is 9.25. The highest BCUT2D eigenvalue weighted by Gasteiger charge is 2.26. The Kier molecular flexibility index (Phi) is 4.73. The van der Waals surface area contributed by atoms with Crippen LogP contribution < -0.4 is 9.47 Å². The van der Waals surface area contributed by atoms with Gasteiger partial charge in [-0.25, -0.2) is 4.98 Å². The number of benzene rings is 2. The van der Waals surface area contributed by atoms with Crippen LogP contribution in [0.15, 0.2) is 58.4 Å². The maximum Gasteiger partial charge on any atom is 0.264 e. The van der Waals surface area contributed by atoms with Crippen LogP contribution in [-0.2, 0) is 6.61 Å². The highest BCUT2D eigenvalue weighted by atomic mass is 32.1. The number of ether oxygens (including phenoxy) is 2. The molecule has 0 atom stereocenters. The summed E-state index contributed by atoms with van der Waals surface area (Å²) in [6, 6.07) is 15.4. The van der Waals surface area contributed by atoms with E-state index in [9.17, 15) is 0 Å². The highest BCUT2D eigenvalue weighted by Crippen LogP contribution is 2.42. The zero-order chi connectivity index (χ0) is 19.6. The van der Waals surface area contributed by atoms with E-state index in [2.05, 4.69) is 21.6 Å². The van der Waals surface area contributed by atoms with Gasteiger partial charge in [-0.2, -0.15) is 4.98 Å². The van der Waals surface area contributed by atoms with E-state index >= 15 is 0 Å². The van der Waals surface area contributed by atoms with Crippen LogP contribution in [0, 0.1) is 0 Å². The molecule has 7 heteroatoms. The molecule has 1 aliphatic carbocycles. The molecule has 0 spiro atoms. The maximum absolute atomic E-state index is 5.70. The van der Waals surface area contributed by atoms with E-state index in [-0.39, 0.29) is 6.61 Å². The summed E-state index contributed by atoms with van der Waals surface area (Å²) in [5.74, 6) is 3.12. The molecule has 0 N–H and O–H groups in total. The minimum atomic E-state index is 0.204. The van der Waals surface area contributed by atoms with Gasteiger partial charge in [-0.15, -0.1) is 11.3 Å². The molecule has 0 saturated heterocycles. The van der Waals surface area contributed by atoms with Crippen molar-refractivity contribution in [2.24, 2.45) is 0 Å². The number of nitrogens with zero attached hydrogens (tertiary/aromatic N) is 3. The molecule has 6 nitrogen and oxygen atoms in total. The van der Waals surface area contributed by atoms with Crippen molar-refractivity contribution in [3.05, 3.63) is 64.8 Å². The van der Waals surface area contributed by atoms with Gasteiger partial charge in [0.05, 0.1) is 17.8 Å². The fourth-order valence-electron chi connectivity index (χ4n) is 3.00. The lowest BCUT2D eigenvalue weighted by atomic mass is 10.1. The van der Waals surface area contributed by atoms with Gasteiger partial charge in [0.25, 0.3) is 5.89 Å². The molecule has 0 amide bonds. The molecule has 29 heavy (non-hydrogen) atoms. The second kappa shape index (κ2) is 7.67. The zero-order valence-electron chi connectivity index (χ0n) is 15.9. The van der Waals surface area contributed by atoms with Gasteiger partial charge in [0, 0.05) is 22.4 Å². The number of hydrogen-bond donors (Lipinski definition) is 0. The summed E-state index contributed by atoms with van der Waals surface area (Å²) in [5, 5.41) is 7.46. The Morgan fingerprint density at radius 1 is 1.03 bits per heavy atom. The lowest BCUT2D eigenvalue weighted by molar-refractivity contribution is 0.242. The molecule has 0 unspecified atom stereocenters. The third-order valence-electron chi connectivity index (χ3n) is 4.75. The van der Waals surface area contributed by atoms with Gasteiger partial charge in [-0.05, 0) is 43.2 Å². The van der Waals surface area contributed by atoms with Gasteiger partial charge in [0.2, 0.25) is 5.82 Å². The Balaban J connectivity index is 1.29. The molecule has 0 aliphatic heterocycles. The molecule has 1 fully saturated rings. The normalized spacial score (nSPS) is 13.4. The quantitative estimate of drug-likeness (QED) is 0.414. The van der Waals surface area contributed by atoms with Crippen LogP contribution in [0.4, 0.5) is 0 Å². The van der Waals surface area contributed by atoms with Crippen molar-refractivity contribution < 1.29 is 14.0 Å². The molecule has 5 rings (SSSR count). The van der Waals surface area contributed by atoms with Crippen molar-refractivity contribution in [2.45, 2.75) is 25.4 Å². The molecule has 2 heterocycles. The molecular weight excluding hydrogens is 386 g/mol. The third kappa shape index (κ3) is 4.00. The Morgan fingerprint density at radius 3 is 2.62 bits per heavy atom. The first-order chi connectivity index (χ1) is 14.3. The van der Waals surface area contributed by atoms with Crippen molar-refractivity contribution in [1.82, 2.24) is 15.1 Å². The molecular formula is C22H19N3O3S. The number of methoxy groups -OCH3 is 1. The summed E-state index contributed by atoms with van der Waals surface area (Å²) in [7, 11) is 1.63. The van der Waals surface area contributed by atoms with Gasteiger partial charge in [0.15, 0.2) is 6.61 Å². The molecule has 0 radical (unpaired) electrons. The van der Waals surface area contributed by atoms with E-state index in [4.69, 9.17) is 19.0 Å². The first-order valence-corrected chi connectivity index (χ1v) is 10.3. The van der Waals surface area contributed by atoms with Gasteiger partial charge in [-0.1, -0.05) is 23.4 Å². The van der Waals surface area contributed by atoms with Crippen molar-refractivity contribution in [2.75, 3.05) is 7.11 Å². The van der Waals surface area contributed by atoms with Crippen molar-refractivity contribution in [3.8, 4) is 34.1 Å². The largest absolute Gasteiger partial charge is 0.497 e. The monoisotopic (exact) mass is 405 g/mol. The molecule has 1 aliphatic rings. The van der Waals surface area contributed by atoms with Crippen LogP contribution >= 0.6 is 11.3 Å². The molecule has 4 aromatic rings. The Hall–Kier alpha value is -3.19. The summed E-state index contributed by atoms with van der Waals surface area (Å²) >= 11 is 1.74. The molecule has 146 valence electrons. The van der Waals surface area contributed by atoms with Crippen LogP contribution in [-0.4, -0.2) is 22.2 Å². The topological polar surface area (TPSA) is 70.3 Å². The van der Waals surface area contributed by atoms with Crippen LogP contribution in [0.25, 0.3) is 22.6 Å². The van der Waals surface area contributed by atoms with E-state index in [1.807, 2.05) is 42.5 Å². The average molecular weight is 405 g/mol. The van der Waals surface area contributed by atoms with E-state index in [1.54, 1.807) is 18.4 Å². The van der Waals surface area contributed by atoms with Crippen molar-refractivity contribution >= 4 is 11.3 Å². The fourth-order valence-corrected chi connectivity index (χ4v) is 4.00. The summed E-state index contributed by atoms with van der Waals surface area (Å²) in [5.41, 5.74) is 2.96. The second-order valence-electron chi connectivity index (χ2n) is 6.90. The minimum absolute atomic E-state index is 0.204. The Labute approximate surface area is 172 Å². The highest BCUT2D eigenvalue weighted by molar-refractivity contribution is 7.10. The fraction of sp³-hybridized carbons (Fsp3) is 0.227. The van der Waals surface area contributed by atoms with Gasteiger partial charge >= 0.3 is 0 Å². The predicted octanol–water partition coefficient (Wildman–Crippen LogP) is 5.33. The average Bonchev–Trinajstić information content (AvgIpc) is 3.31. The smallest absolute Gasteiger partial charge is 0.264 e. The van der Waals surface area contributed by atoms with E-state index in [0.717, 1.165) is 22.6 Å². The lowest BCUT2D eigenvalue weighted by Gasteiger charge is -2.04. The van der Waals surface area contributed by atoms with Crippen LogP contribution in [0.3, 0.4) is 0 Å². The van der Waals surface area contributed by atoms with Crippen LogP contribution in [0.1, 0.15) is 29.7 Å². The second-order valence-corrected chi connectivity index (χ2v) is 7.79. The lowest BCUT2D eigenvalue weighted by Crippen LogP contribution is -1.95. The zero-order valence-corrected chi connectivity index (χ0v) is 16.7. The number of hydrogen-bond acceptors (Lipinski definition) is 7. The number of thiazole rings is 1. The number of rotatable bonds is 7. The molecule has 2 aromatic heterocycles. The first kappa shape index (κ1) is 17.9. The molecule has 0 bridgehead atoms. The van der Waals surface area contributed by atoms with Crippen LogP contribution in [0.2, 0.25) is 0 Å². The summed E-state index contributed by atoms with van der Waals surface area (Å²) < 4.78 is 16.2. The molecule has 1 saturated carbocycles. The Morgan fingerprint density at radius 2 is 1.83 bits per heavy atom. The minimum Gasteiger partial charge on any atom is -0.497 e. The van der Waals surface area contributed by atoms with Gasteiger partial charge < -0.3 is 14.0 Å². The van der Waals surface area contributed by atoms with Gasteiger partial charge in [0.1, 0.15) is 11.5 Å². The predicted molar refractivity (Wildman–Crippen MR) is 110 cm³/mol. The van der Waals surface area contributed by atoms with Gasteiger partial charge in [-0.3, -0.25) is 0 Å². The summed E-state index contributed by atoms with van der Waals surface area (Å²) in [6.45, 7) is 0.204. The molecule has 2 aromatic carbocycles. The third-order valence-corrected chi connectivity index (χ3v) is 5.76. The SMILES string of the molecule is COc1ccc(OCc2nc(-c3cccc(-c4csc(C5CC5)n4)c3)no2)cc1. The van der Waals surface area contributed by atoms with E-state index in [0.29, 0.717) is 23.4 Å².